The van der Waals surface area contributed by atoms with Gasteiger partial charge in [-0.3, -0.25) is 0 Å². The second kappa shape index (κ2) is 9.85. The fourth-order valence-corrected chi connectivity index (χ4v) is 3.51. The molecule has 0 radical (unpaired) electrons. The van der Waals surface area contributed by atoms with Crippen LogP contribution in [0.1, 0.15) is 51.3 Å². The second-order valence-electron chi connectivity index (χ2n) is 7.33. The van der Waals surface area contributed by atoms with Crippen LogP contribution in [-0.2, 0) is 11.0 Å². The first-order valence-electron chi connectivity index (χ1n) is 8.86. The molecule has 28 heavy (non-hydrogen) atoms. The Balaban J connectivity index is 2.40. The molecule has 5 nitrogen and oxygen atoms in total. The van der Waals surface area contributed by atoms with E-state index < -0.39 is 15.7 Å². The van der Waals surface area contributed by atoms with Gasteiger partial charge in [-0.1, -0.05) is 42.4 Å². The molecule has 0 aliphatic heterocycles. The molecular weight excluding hydrogens is 414 g/mol. The standard InChI is InChI=1S/C20H26ClN3O2S2/c1-13(16-12-18(26-5)23-19(22-16)27-6)11-17(24-28(25)20(2,3)4)14-7-9-15(21)10-8-14/h7-10,12-13H,11H2,1-6H3/b24-17-/t13-,28-/m0/s1. The number of methoxy groups -OCH3 is 1. The third-order valence-electron chi connectivity index (χ3n) is 3.99. The Hall–Kier alpha value is -1.44. The summed E-state index contributed by atoms with van der Waals surface area (Å²) in [5.41, 5.74) is 2.53. The Bertz CT molecular complexity index is 842. The van der Waals surface area contributed by atoms with E-state index in [9.17, 15) is 4.21 Å². The molecule has 0 amide bonds. The average Bonchev–Trinajstić information content (AvgIpc) is 2.66. The number of hydrogen-bond acceptors (Lipinski definition) is 5. The van der Waals surface area contributed by atoms with Crippen LogP contribution >= 0.6 is 23.4 Å². The Kier molecular flexibility index (Phi) is 8.04. The molecule has 0 N–H and O–H groups in total. The number of hydrogen-bond donors (Lipinski definition) is 0. The molecule has 0 saturated heterocycles. The molecule has 0 spiro atoms. The van der Waals surface area contributed by atoms with Crippen LogP contribution in [0.25, 0.3) is 0 Å². The summed E-state index contributed by atoms with van der Waals surface area (Å²) < 4.78 is 22.1. The zero-order valence-electron chi connectivity index (χ0n) is 17.0. The Morgan fingerprint density at radius 1 is 1.29 bits per heavy atom. The van der Waals surface area contributed by atoms with Crippen molar-refractivity contribution in [3.05, 3.63) is 46.6 Å². The van der Waals surface area contributed by atoms with E-state index in [0.717, 1.165) is 17.0 Å². The van der Waals surface area contributed by atoms with Gasteiger partial charge in [0.15, 0.2) is 5.16 Å². The maximum Gasteiger partial charge on any atom is 0.217 e. The molecule has 0 aliphatic rings. The summed E-state index contributed by atoms with van der Waals surface area (Å²) in [6.07, 6.45) is 2.51. The van der Waals surface area contributed by atoms with Crippen LogP contribution in [0.4, 0.5) is 0 Å². The first-order valence-corrected chi connectivity index (χ1v) is 11.6. The van der Waals surface area contributed by atoms with Gasteiger partial charge < -0.3 is 4.74 Å². The third kappa shape index (κ3) is 6.29. The SMILES string of the molecule is COc1cc([C@@H](C)C/C(=N/[S@@](=O)C(C)(C)C)c2ccc(Cl)cc2)nc(SC)n1. The summed E-state index contributed by atoms with van der Waals surface area (Å²) in [5, 5.41) is 1.31. The van der Waals surface area contributed by atoms with Crippen LogP contribution in [0, 0.1) is 0 Å². The normalized spacial score (nSPS) is 14.6. The minimum absolute atomic E-state index is 0.0363. The van der Waals surface area contributed by atoms with Crippen molar-refractivity contribution in [2.24, 2.45) is 4.40 Å². The van der Waals surface area contributed by atoms with Crippen LogP contribution < -0.4 is 4.74 Å². The first kappa shape index (κ1) is 22.8. The van der Waals surface area contributed by atoms with Crippen LogP contribution in [0.2, 0.25) is 5.02 Å². The van der Waals surface area contributed by atoms with Gasteiger partial charge in [0.25, 0.3) is 0 Å². The molecule has 1 aromatic carbocycles. The lowest BCUT2D eigenvalue weighted by atomic mass is 9.96. The zero-order valence-corrected chi connectivity index (χ0v) is 19.4. The number of aromatic nitrogens is 2. The van der Waals surface area contributed by atoms with Crippen molar-refractivity contribution in [1.82, 2.24) is 9.97 Å². The van der Waals surface area contributed by atoms with Gasteiger partial charge in [0.1, 0.15) is 11.0 Å². The van der Waals surface area contributed by atoms with E-state index in [1.165, 1.54) is 11.8 Å². The fourth-order valence-electron chi connectivity index (χ4n) is 2.35. The highest BCUT2D eigenvalue weighted by Crippen LogP contribution is 2.26. The highest BCUT2D eigenvalue weighted by atomic mass is 35.5. The van der Waals surface area contributed by atoms with Gasteiger partial charge >= 0.3 is 0 Å². The smallest absolute Gasteiger partial charge is 0.217 e. The van der Waals surface area contributed by atoms with Crippen LogP contribution in [0.15, 0.2) is 39.9 Å². The fraction of sp³-hybridized carbons (Fsp3) is 0.450. The van der Waals surface area contributed by atoms with Crippen molar-refractivity contribution in [2.45, 2.75) is 49.9 Å². The van der Waals surface area contributed by atoms with Gasteiger partial charge in [-0.25, -0.2) is 9.19 Å². The molecule has 0 saturated carbocycles. The van der Waals surface area contributed by atoms with Gasteiger partial charge in [0.2, 0.25) is 5.88 Å². The van der Waals surface area contributed by atoms with Crippen LogP contribution in [0.5, 0.6) is 5.88 Å². The number of nitrogens with zero attached hydrogens (tertiary/aromatic N) is 3. The molecule has 2 atom stereocenters. The Labute approximate surface area is 179 Å². The summed E-state index contributed by atoms with van der Waals surface area (Å²) in [5.74, 6) is 0.568. The summed E-state index contributed by atoms with van der Waals surface area (Å²) in [7, 11) is 0.227. The minimum atomic E-state index is -1.36. The second-order valence-corrected chi connectivity index (χ2v) is 10.4. The summed E-state index contributed by atoms with van der Waals surface area (Å²) >= 11 is 7.50. The maximum atomic E-state index is 12.7. The van der Waals surface area contributed by atoms with E-state index in [-0.39, 0.29) is 5.92 Å². The van der Waals surface area contributed by atoms with Gasteiger partial charge in [0, 0.05) is 17.0 Å². The lowest BCUT2D eigenvalue weighted by molar-refractivity contribution is 0.390. The molecule has 2 rings (SSSR count). The molecule has 0 aliphatic carbocycles. The van der Waals surface area contributed by atoms with Crippen LogP contribution in [-0.4, -0.2) is 38.0 Å². The summed E-state index contributed by atoms with van der Waals surface area (Å²) in [6.45, 7) is 7.80. The summed E-state index contributed by atoms with van der Waals surface area (Å²) in [6, 6.07) is 9.28. The van der Waals surface area contributed by atoms with Crippen molar-refractivity contribution < 1.29 is 8.95 Å². The van der Waals surface area contributed by atoms with Gasteiger partial charge in [0.05, 0.1) is 23.3 Å². The van der Waals surface area contributed by atoms with Gasteiger partial charge in [-0.05, 0) is 51.1 Å². The minimum Gasteiger partial charge on any atom is -0.481 e. The Morgan fingerprint density at radius 3 is 2.46 bits per heavy atom. The topological polar surface area (TPSA) is 64.4 Å². The quantitative estimate of drug-likeness (QED) is 0.332. The van der Waals surface area contributed by atoms with E-state index in [4.69, 9.17) is 16.3 Å². The van der Waals surface area contributed by atoms with Crippen molar-refractivity contribution in [2.75, 3.05) is 13.4 Å². The highest BCUT2D eigenvalue weighted by Gasteiger charge is 2.22. The molecule has 0 fully saturated rings. The monoisotopic (exact) mass is 439 g/mol. The predicted octanol–water partition coefficient (Wildman–Crippen LogP) is 5.31. The predicted molar refractivity (Wildman–Crippen MR) is 119 cm³/mol. The number of thioether (sulfide) groups is 1. The maximum absolute atomic E-state index is 12.7. The molecule has 0 unspecified atom stereocenters. The highest BCUT2D eigenvalue weighted by molar-refractivity contribution is 7.98. The van der Waals surface area contributed by atoms with Crippen molar-refractivity contribution >= 4 is 40.1 Å². The largest absolute Gasteiger partial charge is 0.481 e. The number of ether oxygens (including phenoxy) is 1. The molecule has 1 heterocycles. The lowest BCUT2D eigenvalue weighted by Crippen LogP contribution is -2.21. The van der Waals surface area contributed by atoms with Gasteiger partial charge in [-0.2, -0.15) is 9.38 Å². The van der Waals surface area contributed by atoms with Crippen molar-refractivity contribution in [3.63, 3.8) is 0 Å². The number of benzene rings is 1. The van der Waals surface area contributed by atoms with Crippen molar-refractivity contribution in [1.29, 1.82) is 0 Å². The Morgan fingerprint density at radius 2 is 1.93 bits per heavy atom. The van der Waals surface area contributed by atoms with Crippen molar-refractivity contribution in [3.8, 4) is 5.88 Å². The van der Waals surface area contributed by atoms with Gasteiger partial charge in [-0.15, -0.1) is 0 Å². The average molecular weight is 440 g/mol. The molecule has 8 heteroatoms. The molecule has 1 aromatic heterocycles. The van der Waals surface area contributed by atoms with E-state index in [2.05, 4.69) is 21.3 Å². The molecule has 0 bridgehead atoms. The number of halogens is 1. The molecular formula is C20H26ClN3O2S2. The molecule has 152 valence electrons. The van der Waals surface area contributed by atoms with Crippen LogP contribution in [0.3, 0.4) is 0 Å². The summed E-state index contributed by atoms with van der Waals surface area (Å²) in [4.78, 5) is 8.92. The van der Waals surface area contributed by atoms with E-state index in [1.807, 2.05) is 57.4 Å². The van der Waals surface area contributed by atoms with E-state index >= 15 is 0 Å². The third-order valence-corrected chi connectivity index (χ3v) is 6.23. The first-order chi connectivity index (χ1) is 13.1. The van der Waals surface area contributed by atoms with E-state index in [0.29, 0.717) is 22.5 Å². The zero-order chi connectivity index (χ0) is 20.9. The lowest BCUT2D eigenvalue weighted by Gasteiger charge is -2.18. The van der Waals surface area contributed by atoms with E-state index in [1.54, 1.807) is 7.11 Å². The molecule has 2 aromatic rings. The number of rotatable bonds is 7.